The summed E-state index contributed by atoms with van der Waals surface area (Å²) < 4.78 is 2.32. The minimum absolute atomic E-state index is 0.452. The van der Waals surface area contributed by atoms with Gasteiger partial charge < -0.3 is 10.3 Å². The van der Waals surface area contributed by atoms with Crippen molar-refractivity contribution in [1.82, 2.24) is 9.55 Å². The lowest BCUT2D eigenvalue weighted by Gasteiger charge is -2.12. The highest BCUT2D eigenvalue weighted by Crippen LogP contribution is 2.41. The van der Waals surface area contributed by atoms with Crippen LogP contribution in [0.1, 0.15) is 35.7 Å². The molecule has 2 aromatic carbocycles. The molecule has 2 N–H and O–H groups in total. The molecule has 0 saturated heterocycles. The number of hydrogen-bond donors (Lipinski definition) is 1. The van der Waals surface area contributed by atoms with Gasteiger partial charge in [-0.15, -0.1) is 0 Å². The van der Waals surface area contributed by atoms with E-state index in [1.165, 1.54) is 24.2 Å². The minimum Gasteiger partial charge on any atom is -0.389 e. The lowest BCUT2D eigenvalue weighted by Crippen LogP contribution is -2.14. The van der Waals surface area contributed by atoms with Crippen molar-refractivity contribution in [2.24, 2.45) is 5.73 Å². The van der Waals surface area contributed by atoms with Gasteiger partial charge in [0.25, 0.3) is 0 Å². The maximum atomic E-state index is 5.87. The first kappa shape index (κ1) is 13.5. The monoisotopic (exact) mass is 307 g/mol. The largest absolute Gasteiger partial charge is 0.389 e. The molecular weight excluding hydrogens is 290 g/mol. The number of fused-ring (bicyclic) bond motifs is 1. The van der Waals surface area contributed by atoms with Crippen molar-refractivity contribution in [3.05, 3.63) is 65.5 Å². The van der Waals surface area contributed by atoms with Crippen LogP contribution in [0.3, 0.4) is 0 Å². The molecule has 1 heterocycles. The van der Waals surface area contributed by atoms with E-state index in [2.05, 4.69) is 28.8 Å². The molecule has 0 radical (unpaired) electrons. The zero-order valence-corrected chi connectivity index (χ0v) is 13.0. The van der Waals surface area contributed by atoms with Crippen LogP contribution >= 0.6 is 12.2 Å². The number of nitrogens with two attached hydrogens (primary N) is 1. The van der Waals surface area contributed by atoms with Gasteiger partial charge in [-0.2, -0.15) is 0 Å². The molecule has 0 atom stereocenters. The SMILES string of the molecule is NC(=S)c1ccccc1Cn1c(C2CC2)nc2ccccc21. The summed E-state index contributed by atoms with van der Waals surface area (Å²) in [6, 6.07) is 16.4. The molecule has 110 valence electrons. The van der Waals surface area contributed by atoms with Gasteiger partial charge in [0, 0.05) is 11.5 Å². The summed E-state index contributed by atoms with van der Waals surface area (Å²) in [5, 5.41) is 0. The standard InChI is InChI=1S/C18H17N3S/c19-17(22)14-6-2-1-5-13(14)11-21-16-8-4-3-7-15(16)20-18(21)12-9-10-12/h1-8,12H,9-11H2,(H2,19,22). The molecule has 0 spiro atoms. The van der Waals surface area contributed by atoms with Gasteiger partial charge >= 0.3 is 0 Å². The first-order chi connectivity index (χ1) is 10.7. The zero-order valence-electron chi connectivity index (χ0n) is 12.2. The number of para-hydroxylation sites is 2. The Balaban J connectivity index is 1.84. The average Bonchev–Trinajstić information content (AvgIpc) is 3.31. The Hall–Kier alpha value is -2.20. The Morgan fingerprint density at radius 2 is 1.86 bits per heavy atom. The van der Waals surface area contributed by atoms with Gasteiger partial charge in [-0.25, -0.2) is 4.98 Å². The number of benzene rings is 2. The molecule has 3 nitrogen and oxygen atoms in total. The van der Waals surface area contributed by atoms with E-state index in [9.17, 15) is 0 Å². The molecule has 1 saturated carbocycles. The maximum absolute atomic E-state index is 5.87. The van der Waals surface area contributed by atoms with Crippen LogP contribution in [-0.2, 0) is 6.54 Å². The predicted molar refractivity (Wildman–Crippen MR) is 93.1 cm³/mol. The topological polar surface area (TPSA) is 43.8 Å². The number of aromatic nitrogens is 2. The highest BCUT2D eigenvalue weighted by Gasteiger charge is 2.29. The fourth-order valence-corrected chi connectivity index (χ4v) is 3.18. The van der Waals surface area contributed by atoms with Crippen molar-refractivity contribution in [3.8, 4) is 0 Å². The van der Waals surface area contributed by atoms with Crippen molar-refractivity contribution < 1.29 is 0 Å². The summed E-state index contributed by atoms with van der Waals surface area (Å²) >= 11 is 5.19. The molecule has 1 aliphatic rings. The van der Waals surface area contributed by atoms with Crippen molar-refractivity contribution >= 4 is 28.2 Å². The third-order valence-corrected chi connectivity index (χ3v) is 4.46. The molecule has 22 heavy (non-hydrogen) atoms. The quantitative estimate of drug-likeness (QED) is 0.749. The number of hydrogen-bond acceptors (Lipinski definition) is 2. The van der Waals surface area contributed by atoms with Crippen LogP contribution in [-0.4, -0.2) is 14.5 Å². The summed E-state index contributed by atoms with van der Waals surface area (Å²) in [7, 11) is 0. The van der Waals surface area contributed by atoms with E-state index in [-0.39, 0.29) is 0 Å². The third-order valence-electron chi connectivity index (χ3n) is 4.24. The second-order valence-electron chi connectivity index (χ2n) is 5.84. The van der Waals surface area contributed by atoms with Gasteiger partial charge in [-0.1, -0.05) is 48.6 Å². The van der Waals surface area contributed by atoms with Crippen LogP contribution in [0.25, 0.3) is 11.0 Å². The van der Waals surface area contributed by atoms with Gasteiger partial charge in [0.2, 0.25) is 0 Å². The summed E-state index contributed by atoms with van der Waals surface area (Å²) in [5.41, 5.74) is 10.2. The molecule has 0 bridgehead atoms. The minimum atomic E-state index is 0.452. The van der Waals surface area contributed by atoms with Gasteiger partial charge in [0.05, 0.1) is 17.6 Å². The van der Waals surface area contributed by atoms with E-state index in [0.29, 0.717) is 10.9 Å². The summed E-state index contributed by atoms with van der Waals surface area (Å²) in [6.45, 7) is 0.764. The second-order valence-corrected chi connectivity index (χ2v) is 6.28. The van der Waals surface area contributed by atoms with Gasteiger partial charge in [0.1, 0.15) is 10.8 Å². The summed E-state index contributed by atoms with van der Waals surface area (Å²) in [5.74, 6) is 1.79. The summed E-state index contributed by atoms with van der Waals surface area (Å²) in [6.07, 6.45) is 2.47. The lowest BCUT2D eigenvalue weighted by atomic mass is 10.1. The Morgan fingerprint density at radius 1 is 1.14 bits per heavy atom. The van der Waals surface area contributed by atoms with E-state index >= 15 is 0 Å². The number of imidazole rings is 1. The van der Waals surface area contributed by atoms with Crippen molar-refractivity contribution in [2.45, 2.75) is 25.3 Å². The van der Waals surface area contributed by atoms with Gasteiger partial charge in [0.15, 0.2) is 0 Å². The van der Waals surface area contributed by atoms with Crippen molar-refractivity contribution in [2.75, 3.05) is 0 Å². The molecule has 1 fully saturated rings. The maximum Gasteiger partial charge on any atom is 0.113 e. The van der Waals surface area contributed by atoms with Gasteiger partial charge in [-0.05, 0) is 30.5 Å². The highest BCUT2D eigenvalue weighted by atomic mass is 32.1. The van der Waals surface area contributed by atoms with Crippen LogP contribution in [0.15, 0.2) is 48.5 Å². The third kappa shape index (κ3) is 2.29. The van der Waals surface area contributed by atoms with Crippen LogP contribution in [0.4, 0.5) is 0 Å². The molecule has 1 aliphatic carbocycles. The first-order valence-electron chi connectivity index (χ1n) is 7.57. The zero-order chi connectivity index (χ0) is 15.1. The fourth-order valence-electron chi connectivity index (χ4n) is 2.98. The van der Waals surface area contributed by atoms with Crippen LogP contribution in [0.2, 0.25) is 0 Å². The number of thiocarbonyl (C=S) groups is 1. The summed E-state index contributed by atoms with van der Waals surface area (Å²) in [4.78, 5) is 5.30. The smallest absolute Gasteiger partial charge is 0.113 e. The van der Waals surface area contributed by atoms with E-state index in [1.54, 1.807) is 0 Å². The molecule has 1 aromatic heterocycles. The molecular formula is C18H17N3S. The van der Waals surface area contributed by atoms with E-state index in [0.717, 1.165) is 23.2 Å². The van der Waals surface area contributed by atoms with Gasteiger partial charge in [-0.3, -0.25) is 0 Å². The number of rotatable bonds is 4. The second kappa shape index (κ2) is 5.21. The predicted octanol–water partition coefficient (Wildman–Crippen LogP) is 3.60. The molecule has 0 unspecified atom stereocenters. The first-order valence-corrected chi connectivity index (χ1v) is 7.98. The van der Waals surface area contributed by atoms with Crippen LogP contribution < -0.4 is 5.73 Å². The van der Waals surface area contributed by atoms with E-state index in [4.69, 9.17) is 22.9 Å². The van der Waals surface area contributed by atoms with Crippen molar-refractivity contribution in [1.29, 1.82) is 0 Å². The molecule has 0 aliphatic heterocycles. The van der Waals surface area contributed by atoms with E-state index < -0.39 is 0 Å². The highest BCUT2D eigenvalue weighted by molar-refractivity contribution is 7.80. The Labute approximate surface area is 134 Å². The molecule has 3 aromatic rings. The Kier molecular flexibility index (Phi) is 3.19. The molecule has 4 rings (SSSR count). The van der Waals surface area contributed by atoms with Crippen LogP contribution in [0, 0.1) is 0 Å². The van der Waals surface area contributed by atoms with E-state index in [1.807, 2.05) is 24.3 Å². The van der Waals surface area contributed by atoms with Crippen molar-refractivity contribution in [3.63, 3.8) is 0 Å². The fraction of sp³-hybridized carbons (Fsp3) is 0.222. The normalized spacial score (nSPS) is 14.4. The number of nitrogens with zero attached hydrogens (tertiary/aromatic N) is 2. The molecule has 0 amide bonds. The molecule has 4 heteroatoms. The Bertz CT molecular complexity index is 862. The Morgan fingerprint density at radius 3 is 2.64 bits per heavy atom. The lowest BCUT2D eigenvalue weighted by molar-refractivity contribution is 0.746. The van der Waals surface area contributed by atoms with Crippen LogP contribution in [0.5, 0.6) is 0 Å². The average molecular weight is 307 g/mol.